The van der Waals surface area contributed by atoms with Crippen LogP contribution in [0.4, 0.5) is 0 Å². The minimum atomic E-state index is -0.856. The fourth-order valence-corrected chi connectivity index (χ4v) is 1.58. The summed E-state index contributed by atoms with van der Waals surface area (Å²) in [6.07, 6.45) is 3.34. The van der Waals surface area contributed by atoms with Crippen molar-refractivity contribution in [1.82, 2.24) is 9.97 Å². The summed E-state index contributed by atoms with van der Waals surface area (Å²) in [6, 6.07) is 2.52. The second kappa shape index (κ2) is 4.34. The summed E-state index contributed by atoms with van der Waals surface area (Å²) in [5.74, 6) is -0.629. The number of fused-ring (bicyclic) bond motifs is 1. The zero-order valence-corrected chi connectivity index (χ0v) is 9.01. The Morgan fingerprint density at radius 1 is 1.53 bits per heavy atom. The Morgan fingerprint density at radius 3 is 3.00 bits per heavy atom. The third-order valence-corrected chi connectivity index (χ3v) is 2.53. The smallest absolute Gasteiger partial charge is 0.251 e. The Kier molecular flexibility index (Phi) is 2.88. The highest BCUT2D eigenvalue weighted by atomic mass is 16.1. The average Bonchev–Trinajstić information content (AvgIpc) is 2.29. The van der Waals surface area contributed by atoms with Gasteiger partial charge in [0.25, 0.3) is 5.56 Å². The topological polar surface area (TPSA) is 115 Å². The van der Waals surface area contributed by atoms with Gasteiger partial charge >= 0.3 is 0 Å². The van der Waals surface area contributed by atoms with Crippen molar-refractivity contribution < 1.29 is 4.79 Å². The number of aromatic amines is 1. The molecular formula is C11H12N4O2. The minimum Gasteiger partial charge on any atom is -0.368 e. The zero-order valence-electron chi connectivity index (χ0n) is 9.01. The molecule has 0 spiro atoms. The van der Waals surface area contributed by atoms with Crippen LogP contribution < -0.4 is 17.0 Å². The van der Waals surface area contributed by atoms with Gasteiger partial charge in [0.15, 0.2) is 0 Å². The van der Waals surface area contributed by atoms with Gasteiger partial charge in [0.1, 0.15) is 0 Å². The van der Waals surface area contributed by atoms with Gasteiger partial charge in [-0.05, 0) is 12.1 Å². The molecule has 2 aromatic rings. The molecule has 0 aromatic carbocycles. The van der Waals surface area contributed by atoms with E-state index >= 15 is 0 Å². The molecule has 2 aromatic heterocycles. The molecule has 2 rings (SSSR count). The highest BCUT2D eigenvalue weighted by Crippen LogP contribution is 2.09. The van der Waals surface area contributed by atoms with Crippen LogP contribution in [0.25, 0.3) is 10.9 Å². The van der Waals surface area contributed by atoms with E-state index in [0.717, 1.165) is 5.39 Å². The van der Waals surface area contributed by atoms with Crippen LogP contribution in [-0.4, -0.2) is 21.9 Å². The van der Waals surface area contributed by atoms with Gasteiger partial charge in [-0.3, -0.25) is 14.6 Å². The number of carbonyl (C=O) groups is 1. The summed E-state index contributed by atoms with van der Waals surface area (Å²) in [7, 11) is 0. The first-order valence-corrected chi connectivity index (χ1v) is 5.09. The van der Waals surface area contributed by atoms with Crippen molar-refractivity contribution in [2.75, 3.05) is 0 Å². The van der Waals surface area contributed by atoms with Crippen molar-refractivity contribution in [3.05, 3.63) is 40.4 Å². The number of primary amides is 1. The highest BCUT2D eigenvalue weighted by molar-refractivity contribution is 5.81. The number of rotatable bonds is 3. The van der Waals surface area contributed by atoms with E-state index in [1.807, 2.05) is 0 Å². The van der Waals surface area contributed by atoms with Crippen molar-refractivity contribution >= 4 is 16.8 Å². The van der Waals surface area contributed by atoms with E-state index in [9.17, 15) is 9.59 Å². The molecule has 1 unspecified atom stereocenters. The Hall–Kier alpha value is -2.21. The number of carbonyl (C=O) groups excluding carboxylic acids is 1. The van der Waals surface area contributed by atoms with Crippen molar-refractivity contribution in [2.45, 2.75) is 12.5 Å². The van der Waals surface area contributed by atoms with Crippen molar-refractivity contribution in [2.24, 2.45) is 11.5 Å². The lowest BCUT2D eigenvalue weighted by molar-refractivity contribution is -0.119. The molecule has 88 valence electrons. The van der Waals surface area contributed by atoms with E-state index in [1.165, 1.54) is 0 Å². The van der Waals surface area contributed by atoms with Crippen LogP contribution >= 0.6 is 0 Å². The van der Waals surface area contributed by atoms with Gasteiger partial charge in [0.2, 0.25) is 5.91 Å². The van der Waals surface area contributed by atoms with E-state index in [-0.39, 0.29) is 12.0 Å². The Bertz CT molecular complexity index is 620. The maximum atomic E-state index is 11.7. The molecule has 0 saturated heterocycles. The molecule has 5 N–H and O–H groups in total. The van der Waals surface area contributed by atoms with Gasteiger partial charge < -0.3 is 16.5 Å². The van der Waals surface area contributed by atoms with Crippen LogP contribution in [0.1, 0.15) is 5.56 Å². The molecule has 6 nitrogen and oxygen atoms in total. The molecule has 0 aliphatic carbocycles. The quantitative estimate of drug-likeness (QED) is 0.647. The van der Waals surface area contributed by atoms with E-state index < -0.39 is 11.9 Å². The van der Waals surface area contributed by atoms with Crippen LogP contribution in [0.2, 0.25) is 0 Å². The molecular weight excluding hydrogens is 220 g/mol. The number of hydrogen-bond donors (Lipinski definition) is 3. The average molecular weight is 232 g/mol. The Labute approximate surface area is 96.7 Å². The van der Waals surface area contributed by atoms with Crippen LogP contribution in [0, 0.1) is 0 Å². The standard InChI is InChI=1S/C11H12N4O2/c12-8(10(13)16)4-6-3-7-5-14-2-1-9(7)15-11(6)17/h1-3,5,8H,4,12H2,(H2,13,16)(H,15,17). The zero-order chi connectivity index (χ0) is 12.4. The molecule has 0 radical (unpaired) electrons. The summed E-state index contributed by atoms with van der Waals surface area (Å²) in [4.78, 5) is 29.2. The summed E-state index contributed by atoms with van der Waals surface area (Å²) in [5.41, 5.74) is 11.4. The summed E-state index contributed by atoms with van der Waals surface area (Å²) >= 11 is 0. The Balaban J connectivity index is 2.44. The maximum Gasteiger partial charge on any atom is 0.251 e. The molecule has 0 aliphatic rings. The number of hydrogen-bond acceptors (Lipinski definition) is 4. The first-order valence-electron chi connectivity index (χ1n) is 5.09. The van der Waals surface area contributed by atoms with Gasteiger partial charge in [-0.15, -0.1) is 0 Å². The fourth-order valence-electron chi connectivity index (χ4n) is 1.58. The molecule has 17 heavy (non-hydrogen) atoms. The van der Waals surface area contributed by atoms with Crippen LogP contribution in [0.15, 0.2) is 29.3 Å². The second-order valence-electron chi connectivity index (χ2n) is 3.80. The maximum absolute atomic E-state index is 11.7. The molecule has 1 amide bonds. The number of nitrogens with zero attached hydrogens (tertiary/aromatic N) is 1. The van der Waals surface area contributed by atoms with Crippen molar-refractivity contribution in [1.29, 1.82) is 0 Å². The van der Waals surface area contributed by atoms with Gasteiger partial charge in [-0.25, -0.2) is 0 Å². The first-order chi connectivity index (χ1) is 8.08. The number of nitrogens with one attached hydrogen (secondary N) is 1. The van der Waals surface area contributed by atoms with E-state index in [4.69, 9.17) is 11.5 Å². The minimum absolute atomic E-state index is 0.121. The third-order valence-electron chi connectivity index (χ3n) is 2.53. The van der Waals surface area contributed by atoms with Gasteiger partial charge in [0.05, 0.1) is 11.6 Å². The molecule has 2 heterocycles. The molecule has 0 fully saturated rings. The molecule has 0 saturated carbocycles. The lowest BCUT2D eigenvalue weighted by Gasteiger charge is -2.07. The molecule has 1 atom stereocenters. The van der Waals surface area contributed by atoms with Crippen LogP contribution in [-0.2, 0) is 11.2 Å². The highest BCUT2D eigenvalue weighted by Gasteiger charge is 2.13. The van der Waals surface area contributed by atoms with Crippen molar-refractivity contribution in [3.63, 3.8) is 0 Å². The summed E-state index contributed by atoms with van der Waals surface area (Å²) in [6.45, 7) is 0. The number of nitrogens with two attached hydrogens (primary N) is 2. The fraction of sp³-hybridized carbons (Fsp3) is 0.182. The molecule has 0 bridgehead atoms. The summed E-state index contributed by atoms with van der Waals surface area (Å²) in [5, 5.41) is 0.791. The van der Waals surface area contributed by atoms with Gasteiger partial charge in [0, 0.05) is 29.8 Å². The van der Waals surface area contributed by atoms with Gasteiger partial charge in [-0.2, -0.15) is 0 Å². The SMILES string of the molecule is NC(=O)C(N)Cc1cc2cnccc2[nH]c1=O. The van der Waals surface area contributed by atoms with Crippen molar-refractivity contribution in [3.8, 4) is 0 Å². The lowest BCUT2D eigenvalue weighted by Crippen LogP contribution is -2.39. The predicted molar refractivity (Wildman–Crippen MR) is 63.2 cm³/mol. The van der Waals surface area contributed by atoms with Crippen LogP contribution in [0.3, 0.4) is 0 Å². The normalized spacial score (nSPS) is 12.5. The predicted octanol–water partition coefficient (Wildman–Crippen LogP) is -0.722. The number of H-pyrrole nitrogens is 1. The van der Waals surface area contributed by atoms with Crippen LogP contribution in [0.5, 0.6) is 0 Å². The number of pyridine rings is 2. The second-order valence-corrected chi connectivity index (χ2v) is 3.80. The molecule has 6 heteroatoms. The van der Waals surface area contributed by atoms with E-state index in [2.05, 4.69) is 9.97 Å². The molecule has 0 aliphatic heterocycles. The summed E-state index contributed by atoms with van der Waals surface area (Å²) < 4.78 is 0. The van der Waals surface area contributed by atoms with E-state index in [0.29, 0.717) is 11.1 Å². The van der Waals surface area contributed by atoms with E-state index in [1.54, 1.807) is 24.5 Å². The number of amides is 1. The lowest BCUT2D eigenvalue weighted by atomic mass is 10.1. The Morgan fingerprint density at radius 2 is 2.29 bits per heavy atom. The monoisotopic (exact) mass is 232 g/mol. The third kappa shape index (κ3) is 2.31. The largest absolute Gasteiger partial charge is 0.368 e. The van der Waals surface area contributed by atoms with Gasteiger partial charge in [-0.1, -0.05) is 0 Å². The first kappa shape index (κ1) is 11.3. The number of aromatic nitrogens is 2.